The van der Waals surface area contributed by atoms with Gasteiger partial charge in [-0.15, -0.1) is 0 Å². The molecule has 4 N–H and O–H groups in total. The summed E-state index contributed by atoms with van der Waals surface area (Å²) >= 11 is 0. The lowest BCUT2D eigenvalue weighted by molar-refractivity contribution is -0.150. The fourth-order valence-electron chi connectivity index (χ4n) is 5.23. The first-order valence-electron chi connectivity index (χ1n) is 18.3. The molecule has 0 saturated heterocycles. The molecule has 2 atom stereocenters. The molecule has 0 aromatic rings. The zero-order valence-electron chi connectivity index (χ0n) is 29.0. The number of unbranched alkanes of at least 4 members (excludes halogenated alkanes) is 12. The number of ether oxygens (including phenoxy) is 1. The van der Waals surface area contributed by atoms with Crippen LogP contribution in [0.25, 0.3) is 0 Å². The molecule has 45 heavy (non-hydrogen) atoms. The summed E-state index contributed by atoms with van der Waals surface area (Å²) < 4.78 is 5.93. The van der Waals surface area contributed by atoms with Crippen molar-refractivity contribution in [3.8, 4) is 0 Å². The smallest absolute Gasteiger partial charge is 0.326 e. The lowest BCUT2D eigenvalue weighted by Gasteiger charge is -2.18. The maximum Gasteiger partial charge on any atom is 0.326 e. The molecule has 0 aliphatic rings. The number of esters is 1. The van der Waals surface area contributed by atoms with Gasteiger partial charge in [-0.2, -0.15) is 0 Å². The van der Waals surface area contributed by atoms with E-state index in [9.17, 15) is 19.5 Å². The maximum atomic E-state index is 12.6. The molecule has 1 amide bonds. The van der Waals surface area contributed by atoms with Crippen LogP contribution in [-0.2, 0) is 19.1 Å². The molecule has 0 fully saturated rings. The SMILES string of the molecule is CC/C=C\C/C=C\C/C=C\CCCCCCCC(=O)OC(CCCCCCC)CCCCCCC(=O)NC(CCCN)C(=O)O. The average Bonchev–Trinajstić information content (AvgIpc) is 3.02. The number of carbonyl (C=O) groups excluding carboxylic acids is 2. The lowest BCUT2D eigenvalue weighted by Crippen LogP contribution is -2.40. The Balaban J connectivity index is 4.17. The zero-order chi connectivity index (χ0) is 33.2. The Kier molecular flexibility index (Phi) is 31.2. The van der Waals surface area contributed by atoms with E-state index < -0.39 is 12.0 Å². The van der Waals surface area contributed by atoms with Crippen LogP contribution in [0.4, 0.5) is 0 Å². The van der Waals surface area contributed by atoms with Crippen molar-refractivity contribution in [1.29, 1.82) is 0 Å². The zero-order valence-corrected chi connectivity index (χ0v) is 29.0. The third-order valence-electron chi connectivity index (χ3n) is 7.97. The molecule has 0 radical (unpaired) electrons. The van der Waals surface area contributed by atoms with Crippen LogP contribution in [-0.4, -0.2) is 41.6 Å². The van der Waals surface area contributed by atoms with Crippen molar-refractivity contribution in [3.63, 3.8) is 0 Å². The van der Waals surface area contributed by atoms with E-state index in [4.69, 9.17) is 10.5 Å². The predicted octanol–water partition coefficient (Wildman–Crippen LogP) is 9.50. The Morgan fingerprint density at radius 3 is 1.84 bits per heavy atom. The standard InChI is InChI=1S/C38H68N2O5/c1-3-5-7-9-10-11-12-13-14-15-16-17-18-20-26-32-37(42)45-34(28-23-19-8-6-4-2)29-24-21-22-25-31-36(41)40-35(38(43)44)30-27-33-39/h5,7,10-11,13-14,34-35H,3-4,6,8-9,12,15-33,39H2,1-2H3,(H,40,41)(H,43,44)/b7-5-,11-10-,14-13-. The summed E-state index contributed by atoms with van der Waals surface area (Å²) in [5.74, 6) is -1.29. The minimum absolute atomic E-state index is 0.0178. The summed E-state index contributed by atoms with van der Waals surface area (Å²) in [6.07, 6.45) is 36.2. The first-order valence-corrected chi connectivity index (χ1v) is 18.3. The van der Waals surface area contributed by atoms with Gasteiger partial charge in [0.25, 0.3) is 0 Å². The molecule has 0 saturated carbocycles. The van der Waals surface area contributed by atoms with Crippen molar-refractivity contribution < 1.29 is 24.2 Å². The number of aliphatic carboxylic acids is 1. The Labute approximate surface area is 275 Å². The number of hydrogen-bond donors (Lipinski definition) is 3. The van der Waals surface area contributed by atoms with Crippen molar-refractivity contribution in [2.75, 3.05) is 6.54 Å². The minimum Gasteiger partial charge on any atom is -0.480 e. The first kappa shape index (κ1) is 42.6. The second kappa shape index (κ2) is 33.0. The van der Waals surface area contributed by atoms with Crippen LogP contribution in [0, 0.1) is 0 Å². The monoisotopic (exact) mass is 633 g/mol. The first-order chi connectivity index (χ1) is 21.9. The number of nitrogens with two attached hydrogens (primary N) is 1. The number of carboxylic acid groups (broad SMARTS) is 1. The van der Waals surface area contributed by atoms with Crippen LogP contribution >= 0.6 is 0 Å². The molecule has 0 bridgehead atoms. The van der Waals surface area contributed by atoms with E-state index in [1.807, 2.05) is 0 Å². The molecule has 0 aliphatic heterocycles. The Morgan fingerprint density at radius 1 is 0.667 bits per heavy atom. The van der Waals surface area contributed by atoms with Gasteiger partial charge in [0.2, 0.25) is 5.91 Å². The van der Waals surface area contributed by atoms with Gasteiger partial charge >= 0.3 is 11.9 Å². The van der Waals surface area contributed by atoms with Gasteiger partial charge in [-0.3, -0.25) is 9.59 Å². The normalized spacial score (nSPS) is 13.1. The highest BCUT2D eigenvalue weighted by Crippen LogP contribution is 2.18. The van der Waals surface area contributed by atoms with E-state index in [1.54, 1.807) is 0 Å². The number of hydrogen-bond acceptors (Lipinski definition) is 5. The highest BCUT2D eigenvalue weighted by Gasteiger charge is 2.19. The molecule has 7 heteroatoms. The summed E-state index contributed by atoms with van der Waals surface area (Å²) in [7, 11) is 0. The average molecular weight is 633 g/mol. The number of nitrogens with one attached hydrogen (secondary N) is 1. The van der Waals surface area contributed by atoms with Crippen LogP contribution in [0.1, 0.15) is 168 Å². The Bertz CT molecular complexity index is 808. The van der Waals surface area contributed by atoms with Gasteiger partial charge in [-0.1, -0.05) is 108 Å². The predicted molar refractivity (Wildman–Crippen MR) is 188 cm³/mol. The number of rotatable bonds is 32. The number of amides is 1. The summed E-state index contributed by atoms with van der Waals surface area (Å²) in [5.41, 5.74) is 5.46. The second-order valence-electron chi connectivity index (χ2n) is 12.3. The molecular formula is C38H68N2O5. The van der Waals surface area contributed by atoms with E-state index in [1.165, 1.54) is 38.5 Å². The highest BCUT2D eigenvalue weighted by molar-refractivity contribution is 5.83. The second-order valence-corrected chi connectivity index (χ2v) is 12.3. The van der Waals surface area contributed by atoms with Gasteiger partial charge < -0.3 is 20.9 Å². The molecule has 2 unspecified atom stereocenters. The molecule has 0 rings (SSSR count). The largest absolute Gasteiger partial charge is 0.480 e. The molecule has 0 aromatic carbocycles. The molecule has 7 nitrogen and oxygen atoms in total. The van der Waals surface area contributed by atoms with Crippen LogP contribution in [0.2, 0.25) is 0 Å². The fraction of sp³-hybridized carbons (Fsp3) is 0.763. The summed E-state index contributed by atoms with van der Waals surface area (Å²) in [5, 5.41) is 11.9. The van der Waals surface area contributed by atoms with Crippen LogP contribution in [0.5, 0.6) is 0 Å². The third-order valence-corrected chi connectivity index (χ3v) is 7.97. The molecule has 0 spiro atoms. The van der Waals surface area contributed by atoms with Gasteiger partial charge in [0, 0.05) is 12.8 Å². The minimum atomic E-state index is -1.01. The van der Waals surface area contributed by atoms with Gasteiger partial charge in [-0.05, 0) is 90.0 Å². The van der Waals surface area contributed by atoms with Crippen molar-refractivity contribution in [1.82, 2.24) is 5.32 Å². The number of allylic oxidation sites excluding steroid dienone is 6. The highest BCUT2D eigenvalue weighted by atomic mass is 16.5. The molecule has 0 heterocycles. The molecular weight excluding hydrogens is 564 g/mol. The maximum absolute atomic E-state index is 12.6. The molecule has 0 aromatic heterocycles. The van der Waals surface area contributed by atoms with Crippen molar-refractivity contribution >= 4 is 17.8 Å². The molecule has 260 valence electrons. The number of carbonyl (C=O) groups is 3. The van der Waals surface area contributed by atoms with Crippen molar-refractivity contribution in [2.45, 2.75) is 180 Å². The van der Waals surface area contributed by atoms with Crippen LogP contribution in [0.15, 0.2) is 36.5 Å². The summed E-state index contributed by atoms with van der Waals surface area (Å²) in [6, 6.07) is -0.864. The van der Waals surface area contributed by atoms with E-state index in [2.05, 4.69) is 55.6 Å². The van der Waals surface area contributed by atoms with Gasteiger partial charge in [0.15, 0.2) is 0 Å². The third kappa shape index (κ3) is 30.0. The van der Waals surface area contributed by atoms with Crippen LogP contribution < -0.4 is 11.1 Å². The number of carboxylic acids is 1. The summed E-state index contributed by atoms with van der Waals surface area (Å²) in [6.45, 7) is 4.77. The fourth-order valence-corrected chi connectivity index (χ4v) is 5.23. The van der Waals surface area contributed by atoms with E-state index in [0.717, 1.165) is 89.9 Å². The topological polar surface area (TPSA) is 119 Å². The van der Waals surface area contributed by atoms with Crippen molar-refractivity contribution in [3.05, 3.63) is 36.5 Å². The quantitative estimate of drug-likeness (QED) is 0.0386. The van der Waals surface area contributed by atoms with E-state index in [-0.39, 0.29) is 18.0 Å². The van der Waals surface area contributed by atoms with Crippen molar-refractivity contribution in [2.24, 2.45) is 5.73 Å². The Morgan fingerprint density at radius 2 is 1.22 bits per heavy atom. The molecule has 0 aliphatic carbocycles. The van der Waals surface area contributed by atoms with Crippen LogP contribution in [0.3, 0.4) is 0 Å². The van der Waals surface area contributed by atoms with Gasteiger partial charge in [0.1, 0.15) is 12.1 Å². The van der Waals surface area contributed by atoms with E-state index >= 15 is 0 Å². The summed E-state index contributed by atoms with van der Waals surface area (Å²) in [4.78, 5) is 36.1. The Hall–Kier alpha value is -2.41. The van der Waals surface area contributed by atoms with E-state index in [0.29, 0.717) is 32.2 Å². The lowest BCUT2D eigenvalue weighted by atomic mass is 10.0. The van der Waals surface area contributed by atoms with Gasteiger partial charge in [0.05, 0.1) is 0 Å². The van der Waals surface area contributed by atoms with Gasteiger partial charge in [-0.25, -0.2) is 4.79 Å².